The van der Waals surface area contributed by atoms with Crippen LogP contribution in [0.3, 0.4) is 0 Å². The fourth-order valence-electron chi connectivity index (χ4n) is 4.94. The van der Waals surface area contributed by atoms with Gasteiger partial charge in [-0.2, -0.15) is 4.39 Å². The first-order valence-electron chi connectivity index (χ1n) is 10.8. The van der Waals surface area contributed by atoms with Gasteiger partial charge in [0.2, 0.25) is 5.95 Å². The summed E-state index contributed by atoms with van der Waals surface area (Å²) < 4.78 is 41.6. The van der Waals surface area contributed by atoms with Crippen LogP contribution in [0.1, 0.15) is 18.4 Å². The molecule has 0 radical (unpaired) electrons. The highest BCUT2D eigenvalue weighted by Gasteiger charge is 2.42. The van der Waals surface area contributed by atoms with Gasteiger partial charge in [0.25, 0.3) is 10.0 Å². The Bertz CT molecular complexity index is 1220. The van der Waals surface area contributed by atoms with Crippen LogP contribution in [-0.4, -0.2) is 37.4 Å². The molecule has 2 bridgehead atoms. The number of pyridine rings is 1. The largest absolute Gasteiger partial charge is 0.380 e. The number of sulfonamides is 1. The minimum absolute atomic E-state index is 0.0647. The number of piperidine rings is 1. The van der Waals surface area contributed by atoms with Gasteiger partial charge in [-0.15, -0.1) is 11.3 Å². The molecule has 6 nitrogen and oxygen atoms in total. The van der Waals surface area contributed by atoms with Crippen LogP contribution in [0.2, 0.25) is 4.34 Å². The summed E-state index contributed by atoms with van der Waals surface area (Å²) >= 11 is 7.41. The highest BCUT2D eigenvalue weighted by Crippen LogP contribution is 2.42. The highest BCUT2D eigenvalue weighted by molar-refractivity contribution is 7.94. The molecule has 1 aromatic carbocycles. The van der Waals surface area contributed by atoms with Gasteiger partial charge in [-0.3, -0.25) is 9.62 Å². The lowest BCUT2D eigenvalue weighted by Gasteiger charge is -2.38. The van der Waals surface area contributed by atoms with Crippen LogP contribution in [0, 0.1) is 17.8 Å². The van der Waals surface area contributed by atoms with E-state index < -0.39 is 16.0 Å². The smallest absolute Gasteiger partial charge is 0.272 e. The minimum atomic E-state index is -3.92. The van der Waals surface area contributed by atoms with Crippen molar-refractivity contribution >= 4 is 44.5 Å². The fraction of sp³-hybridized carbons (Fsp3) is 0.348. The summed E-state index contributed by atoms with van der Waals surface area (Å²) in [7, 11) is -3.92. The normalized spacial score (nSPS) is 22.9. The third-order valence-electron chi connectivity index (χ3n) is 6.36. The molecule has 174 valence electrons. The molecule has 5 rings (SSSR count). The van der Waals surface area contributed by atoms with Crippen LogP contribution < -0.4 is 10.0 Å². The second kappa shape index (κ2) is 9.21. The topological polar surface area (TPSA) is 74.3 Å². The maximum atomic E-state index is 13.3. The molecule has 2 aliphatic rings. The molecule has 2 aromatic heterocycles. The zero-order valence-corrected chi connectivity index (χ0v) is 20.1. The van der Waals surface area contributed by atoms with Crippen molar-refractivity contribution in [2.45, 2.75) is 29.6 Å². The molecule has 0 amide bonds. The Labute approximate surface area is 201 Å². The maximum absolute atomic E-state index is 13.3. The summed E-state index contributed by atoms with van der Waals surface area (Å²) in [5.41, 5.74) is 1.95. The number of benzene rings is 1. The molecule has 3 heterocycles. The quantitative estimate of drug-likeness (QED) is 0.438. The first kappa shape index (κ1) is 22.6. The number of rotatable bonds is 7. The van der Waals surface area contributed by atoms with Gasteiger partial charge in [0.1, 0.15) is 14.4 Å². The van der Waals surface area contributed by atoms with Gasteiger partial charge in [-0.05, 0) is 48.4 Å². The number of nitrogens with one attached hydrogen (secondary N) is 2. The van der Waals surface area contributed by atoms with E-state index >= 15 is 0 Å². The molecule has 0 unspecified atom stereocenters. The number of hydrogen-bond donors (Lipinski definition) is 2. The Morgan fingerprint density at radius 1 is 1.09 bits per heavy atom. The lowest BCUT2D eigenvalue weighted by molar-refractivity contribution is 0.148. The SMILES string of the molecule is O=S(=O)(Nc1cccc(F)n1)c1cc(N[C@@H]2[C@@H]3CC[C@H]2CN(Cc2ccccc2)C3)c(Cl)s1. The van der Waals surface area contributed by atoms with Crippen LogP contribution in [0.4, 0.5) is 15.9 Å². The van der Waals surface area contributed by atoms with Crippen LogP contribution >= 0.6 is 22.9 Å². The third-order valence-corrected chi connectivity index (χ3v) is 9.55. The molecule has 3 atom stereocenters. The predicted molar refractivity (Wildman–Crippen MR) is 130 cm³/mol. The third kappa shape index (κ3) is 5.01. The summed E-state index contributed by atoms with van der Waals surface area (Å²) in [6, 6.07) is 16.3. The predicted octanol–water partition coefficient (Wildman–Crippen LogP) is 5.06. The number of fused-ring (bicyclic) bond motifs is 2. The molecule has 1 aliphatic carbocycles. The van der Waals surface area contributed by atoms with E-state index in [0.717, 1.165) is 49.9 Å². The van der Waals surface area contributed by atoms with E-state index in [9.17, 15) is 12.8 Å². The van der Waals surface area contributed by atoms with Gasteiger partial charge in [0.15, 0.2) is 0 Å². The fourth-order valence-corrected chi connectivity index (χ4v) is 7.59. The molecular weight excluding hydrogens is 483 g/mol. The minimum Gasteiger partial charge on any atom is -0.380 e. The average molecular weight is 507 g/mol. The van der Waals surface area contributed by atoms with Crippen molar-refractivity contribution < 1.29 is 12.8 Å². The maximum Gasteiger partial charge on any atom is 0.272 e. The van der Waals surface area contributed by atoms with Crippen molar-refractivity contribution in [3.8, 4) is 0 Å². The first-order valence-corrected chi connectivity index (χ1v) is 13.5. The number of nitrogens with zero attached hydrogens (tertiary/aromatic N) is 2. The van der Waals surface area contributed by atoms with Crippen molar-refractivity contribution in [2.24, 2.45) is 11.8 Å². The summed E-state index contributed by atoms with van der Waals surface area (Å²) in [4.78, 5) is 6.08. The number of thiophene rings is 1. The number of halogens is 2. The van der Waals surface area contributed by atoms with E-state index in [0.29, 0.717) is 21.9 Å². The van der Waals surface area contributed by atoms with E-state index in [1.807, 2.05) is 6.07 Å². The van der Waals surface area contributed by atoms with Gasteiger partial charge in [0.05, 0.1) is 5.69 Å². The average Bonchev–Trinajstić information content (AvgIpc) is 3.25. The van der Waals surface area contributed by atoms with Gasteiger partial charge in [-0.25, -0.2) is 13.4 Å². The van der Waals surface area contributed by atoms with Gasteiger partial charge in [-0.1, -0.05) is 48.0 Å². The van der Waals surface area contributed by atoms with Crippen molar-refractivity contribution in [2.75, 3.05) is 23.1 Å². The standard InChI is InChI=1S/C23H24ClFN4O2S2/c24-23-18(11-21(32-23)33(30,31)28-20-8-4-7-19(25)27-20)26-22-16-9-10-17(22)14-29(13-16)12-15-5-2-1-3-6-15/h1-8,11,16-17,22,26H,9-10,12-14H2,(H,27,28)/t16-,17+,22-. The number of hydrogen-bond acceptors (Lipinski definition) is 6. The second-order valence-corrected chi connectivity index (χ2v) is 12.2. The van der Waals surface area contributed by atoms with E-state index in [2.05, 4.69) is 44.2 Å². The van der Waals surface area contributed by atoms with Crippen LogP contribution in [0.5, 0.6) is 0 Å². The van der Waals surface area contributed by atoms with E-state index in [4.69, 9.17) is 11.6 Å². The molecule has 2 fully saturated rings. The van der Waals surface area contributed by atoms with E-state index in [1.165, 1.54) is 17.7 Å². The molecular formula is C23H24ClFN4O2S2. The molecule has 1 saturated heterocycles. The van der Waals surface area contributed by atoms with Crippen LogP contribution in [-0.2, 0) is 16.6 Å². The van der Waals surface area contributed by atoms with Gasteiger partial charge < -0.3 is 5.32 Å². The number of aromatic nitrogens is 1. The van der Waals surface area contributed by atoms with E-state index in [-0.39, 0.29) is 16.1 Å². The van der Waals surface area contributed by atoms with Crippen molar-refractivity contribution in [3.63, 3.8) is 0 Å². The Morgan fingerprint density at radius 2 is 1.82 bits per heavy atom. The van der Waals surface area contributed by atoms with Gasteiger partial charge in [0, 0.05) is 25.7 Å². The summed E-state index contributed by atoms with van der Waals surface area (Å²) in [5, 5.41) is 3.55. The van der Waals surface area contributed by atoms with Crippen LogP contribution in [0.25, 0.3) is 0 Å². The lowest BCUT2D eigenvalue weighted by atomic mass is 9.91. The summed E-state index contributed by atoms with van der Waals surface area (Å²) in [6.07, 6.45) is 2.29. The summed E-state index contributed by atoms with van der Waals surface area (Å²) in [5.74, 6) is 0.143. The highest BCUT2D eigenvalue weighted by atomic mass is 35.5. The van der Waals surface area contributed by atoms with Crippen molar-refractivity contribution in [3.05, 3.63) is 70.4 Å². The lowest BCUT2D eigenvalue weighted by Crippen LogP contribution is -2.47. The Hall–Kier alpha value is -2.20. The molecule has 2 N–H and O–H groups in total. The molecule has 33 heavy (non-hydrogen) atoms. The Balaban J connectivity index is 1.27. The Kier molecular flexibility index (Phi) is 6.30. The molecule has 1 aliphatic heterocycles. The van der Waals surface area contributed by atoms with Crippen LogP contribution in [0.15, 0.2) is 58.8 Å². The zero-order chi connectivity index (χ0) is 23.0. The first-order chi connectivity index (χ1) is 15.9. The second-order valence-electron chi connectivity index (χ2n) is 8.65. The van der Waals surface area contributed by atoms with E-state index in [1.54, 1.807) is 6.07 Å². The number of anilines is 2. The number of likely N-dealkylation sites (tertiary alicyclic amines) is 1. The molecule has 10 heteroatoms. The van der Waals surface area contributed by atoms with Crippen molar-refractivity contribution in [1.29, 1.82) is 0 Å². The summed E-state index contributed by atoms with van der Waals surface area (Å²) in [6.45, 7) is 2.95. The molecule has 1 saturated carbocycles. The van der Waals surface area contributed by atoms with Crippen molar-refractivity contribution in [1.82, 2.24) is 9.88 Å². The molecule has 3 aromatic rings. The van der Waals surface area contributed by atoms with Gasteiger partial charge >= 0.3 is 0 Å². The molecule has 0 spiro atoms. The zero-order valence-electron chi connectivity index (χ0n) is 17.7. The monoisotopic (exact) mass is 506 g/mol. The Morgan fingerprint density at radius 3 is 2.52 bits per heavy atom.